The molecule has 0 saturated heterocycles. The maximum Gasteiger partial charge on any atom is 0.164 e. The summed E-state index contributed by atoms with van der Waals surface area (Å²) in [6.45, 7) is -0.0654. The quantitative estimate of drug-likeness (QED) is 0.788. The first kappa shape index (κ1) is 13.0. The minimum absolute atomic E-state index is 0.0654. The Morgan fingerprint density at radius 2 is 1.86 bits per heavy atom. The lowest BCUT2D eigenvalue weighted by Crippen LogP contribution is -2.03. The third kappa shape index (κ3) is 2.26. The van der Waals surface area contributed by atoms with Crippen LogP contribution in [0.4, 0.5) is 0 Å². The fraction of sp³-hybridized carbons (Fsp3) is 0.250. The molecule has 1 heterocycles. The Morgan fingerprint density at radius 1 is 1.10 bits per heavy atom. The average molecular weight is 344 g/mol. The summed E-state index contributed by atoms with van der Waals surface area (Å²) >= 11 is 3.49. The van der Waals surface area contributed by atoms with Crippen LogP contribution in [0, 0.1) is 0 Å². The molecule has 0 radical (unpaired) electrons. The van der Waals surface area contributed by atoms with Gasteiger partial charge in [-0.1, -0.05) is 34.1 Å². The predicted octanol–water partition coefficient (Wildman–Crippen LogP) is 3.69. The van der Waals surface area contributed by atoms with Crippen molar-refractivity contribution < 1.29 is 5.11 Å². The Balaban J connectivity index is 1.86. The zero-order chi connectivity index (χ0) is 14.4. The number of benzene rings is 2. The first-order valence-electron chi connectivity index (χ1n) is 7.00. The van der Waals surface area contributed by atoms with Gasteiger partial charge in [0.2, 0.25) is 0 Å². The largest absolute Gasteiger partial charge is 0.388 e. The number of halogens is 1. The lowest BCUT2D eigenvalue weighted by atomic mass is 10.1. The van der Waals surface area contributed by atoms with E-state index in [2.05, 4.69) is 61.0 Å². The van der Waals surface area contributed by atoms with E-state index >= 15 is 0 Å². The SMILES string of the molecule is OCc1nnc(-c2ccc3cc(Br)ccc3c2)n1C1CC1. The molecule has 0 bridgehead atoms. The van der Waals surface area contributed by atoms with Crippen LogP contribution in [-0.4, -0.2) is 19.9 Å². The van der Waals surface area contributed by atoms with Gasteiger partial charge >= 0.3 is 0 Å². The van der Waals surface area contributed by atoms with Crippen LogP contribution in [0.1, 0.15) is 24.7 Å². The third-order valence-corrected chi connectivity index (χ3v) is 4.37. The van der Waals surface area contributed by atoms with Crippen LogP contribution >= 0.6 is 15.9 Å². The van der Waals surface area contributed by atoms with Crippen molar-refractivity contribution in [3.05, 3.63) is 46.7 Å². The summed E-state index contributed by atoms with van der Waals surface area (Å²) in [5.41, 5.74) is 1.05. The van der Waals surface area contributed by atoms with E-state index in [9.17, 15) is 5.11 Å². The van der Waals surface area contributed by atoms with Crippen molar-refractivity contribution >= 4 is 26.7 Å². The molecule has 4 nitrogen and oxygen atoms in total. The topological polar surface area (TPSA) is 50.9 Å². The monoisotopic (exact) mass is 343 g/mol. The van der Waals surface area contributed by atoms with E-state index in [1.54, 1.807) is 0 Å². The summed E-state index contributed by atoms with van der Waals surface area (Å²) in [4.78, 5) is 0. The van der Waals surface area contributed by atoms with Crippen molar-refractivity contribution in [1.82, 2.24) is 14.8 Å². The molecule has 0 unspecified atom stereocenters. The highest BCUT2D eigenvalue weighted by Gasteiger charge is 2.29. The molecular formula is C16H14BrN3O. The van der Waals surface area contributed by atoms with Gasteiger partial charge in [-0.3, -0.25) is 0 Å². The molecule has 3 aromatic rings. The summed E-state index contributed by atoms with van der Waals surface area (Å²) < 4.78 is 3.16. The number of hydrogen-bond acceptors (Lipinski definition) is 3. The molecule has 0 amide bonds. The number of aliphatic hydroxyl groups excluding tert-OH is 1. The second-order valence-electron chi connectivity index (χ2n) is 5.41. The van der Waals surface area contributed by atoms with Gasteiger partial charge in [0.25, 0.3) is 0 Å². The predicted molar refractivity (Wildman–Crippen MR) is 84.9 cm³/mol. The van der Waals surface area contributed by atoms with Gasteiger partial charge in [-0.2, -0.15) is 0 Å². The van der Waals surface area contributed by atoms with Gasteiger partial charge in [-0.25, -0.2) is 0 Å². The number of rotatable bonds is 3. The van der Waals surface area contributed by atoms with Crippen molar-refractivity contribution in [3.8, 4) is 11.4 Å². The van der Waals surface area contributed by atoms with Crippen molar-refractivity contribution in [2.75, 3.05) is 0 Å². The Labute approximate surface area is 130 Å². The second kappa shape index (κ2) is 4.93. The lowest BCUT2D eigenvalue weighted by molar-refractivity contribution is 0.265. The summed E-state index contributed by atoms with van der Waals surface area (Å²) in [7, 11) is 0. The molecule has 1 fully saturated rings. The normalized spacial score (nSPS) is 14.8. The van der Waals surface area contributed by atoms with Crippen molar-refractivity contribution in [3.63, 3.8) is 0 Å². The van der Waals surface area contributed by atoms with E-state index < -0.39 is 0 Å². The summed E-state index contributed by atoms with van der Waals surface area (Å²) in [5, 5.41) is 20.2. The molecule has 2 aromatic carbocycles. The van der Waals surface area contributed by atoms with Crippen LogP contribution in [0.2, 0.25) is 0 Å². The number of nitrogens with zero attached hydrogens (tertiary/aromatic N) is 3. The first-order valence-corrected chi connectivity index (χ1v) is 7.80. The minimum atomic E-state index is -0.0654. The zero-order valence-electron chi connectivity index (χ0n) is 11.3. The molecule has 1 aliphatic rings. The highest BCUT2D eigenvalue weighted by molar-refractivity contribution is 9.10. The van der Waals surface area contributed by atoms with Crippen LogP contribution in [0.25, 0.3) is 22.2 Å². The molecule has 106 valence electrons. The first-order chi connectivity index (χ1) is 10.3. The van der Waals surface area contributed by atoms with E-state index in [4.69, 9.17) is 0 Å². The minimum Gasteiger partial charge on any atom is -0.388 e. The molecule has 4 rings (SSSR count). The maximum absolute atomic E-state index is 9.43. The molecular weight excluding hydrogens is 330 g/mol. The van der Waals surface area contributed by atoms with Crippen LogP contribution < -0.4 is 0 Å². The van der Waals surface area contributed by atoms with Crippen molar-refractivity contribution in [2.45, 2.75) is 25.5 Å². The maximum atomic E-state index is 9.43. The van der Waals surface area contributed by atoms with Crippen LogP contribution in [0.3, 0.4) is 0 Å². The van der Waals surface area contributed by atoms with Crippen LogP contribution in [0.15, 0.2) is 40.9 Å². The number of fused-ring (bicyclic) bond motifs is 1. The van der Waals surface area contributed by atoms with Crippen LogP contribution in [-0.2, 0) is 6.61 Å². The van der Waals surface area contributed by atoms with Gasteiger partial charge in [0, 0.05) is 16.1 Å². The van der Waals surface area contributed by atoms with E-state index in [1.807, 2.05) is 6.07 Å². The fourth-order valence-corrected chi connectivity index (χ4v) is 3.08. The summed E-state index contributed by atoms with van der Waals surface area (Å²) in [6.07, 6.45) is 2.27. The Bertz CT molecular complexity index is 824. The Hall–Kier alpha value is -1.72. The smallest absolute Gasteiger partial charge is 0.164 e. The third-order valence-electron chi connectivity index (χ3n) is 3.88. The van der Waals surface area contributed by atoms with Gasteiger partial charge in [0.05, 0.1) is 0 Å². The molecule has 0 aliphatic heterocycles. The molecule has 21 heavy (non-hydrogen) atoms. The van der Waals surface area contributed by atoms with E-state index in [0.717, 1.165) is 28.7 Å². The average Bonchev–Trinajstić information content (AvgIpc) is 3.25. The number of aliphatic hydroxyl groups is 1. The number of aromatic nitrogens is 3. The van der Waals surface area contributed by atoms with E-state index in [1.165, 1.54) is 10.8 Å². The molecule has 1 aromatic heterocycles. The van der Waals surface area contributed by atoms with Gasteiger partial charge in [-0.15, -0.1) is 10.2 Å². The second-order valence-corrected chi connectivity index (χ2v) is 6.32. The zero-order valence-corrected chi connectivity index (χ0v) is 12.9. The van der Waals surface area contributed by atoms with Crippen LogP contribution in [0.5, 0.6) is 0 Å². The van der Waals surface area contributed by atoms with E-state index in [-0.39, 0.29) is 6.61 Å². The Morgan fingerprint density at radius 3 is 2.62 bits per heavy atom. The molecule has 5 heteroatoms. The Kier molecular flexibility index (Phi) is 3.05. The molecule has 1 saturated carbocycles. The van der Waals surface area contributed by atoms with Gasteiger partial charge < -0.3 is 9.67 Å². The van der Waals surface area contributed by atoms with E-state index in [0.29, 0.717) is 11.9 Å². The molecule has 0 spiro atoms. The molecule has 1 aliphatic carbocycles. The lowest BCUT2D eigenvalue weighted by Gasteiger charge is -2.08. The van der Waals surface area contributed by atoms with Gasteiger partial charge in [0.1, 0.15) is 6.61 Å². The van der Waals surface area contributed by atoms with Gasteiger partial charge in [0.15, 0.2) is 11.6 Å². The van der Waals surface area contributed by atoms with Gasteiger partial charge in [-0.05, 0) is 41.8 Å². The standard InChI is InChI=1S/C16H14BrN3O/c17-13-4-3-10-7-12(2-1-11(10)8-13)16-19-18-15(9-21)20(16)14-5-6-14/h1-4,7-8,14,21H,5-6,9H2. The van der Waals surface area contributed by atoms with Crippen molar-refractivity contribution in [2.24, 2.45) is 0 Å². The fourth-order valence-electron chi connectivity index (χ4n) is 2.70. The molecule has 0 atom stereocenters. The van der Waals surface area contributed by atoms with Crippen molar-refractivity contribution in [1.29, 1.82) is 0 Å². The summed E-state index contributed by atoms with van der Waals surface area (Å²) in [5.74, 6) is 1.51. The molecule has 1 N–H and O–H groups in total. The highest BCUT2D eigenvalue weighted by Crippen LogP contribution is 2.39. The summed E-state index contributed by atoms with van der Waals surface area (Å²) in [6, 6.07) is 13.0. The number of hydrogen-bond donors (Lipinski definition) is 1. The highest BCUT2D eigenvalue weighted by atomic mass is 79.9.